The van der Waals surface area contributed by atoms with E-state index in [4.69, 9.17) is 5.11 Å². The fraction of sp³-hybridized carbons (Fsp3) is 0.818. The van der Waals surface area contributed by atoms with Crippen molar-refractivity contribution in [3.05, 3.63) is 0 Å². The highest BCUT2D eigenvalue weighted by Gasteiger charge is 2.36. The highest BCUT2D eigenvalue weighted by Crippen LogP contribution is 2.20. The summed E-state index contributed by atoms with van der Waals surface area (Å²) in [6.07, 6.45) is 5.18. The van der Waals surface area contributed by atoms with E-state index in [0.29, 0.717) is 12.8 Å². The number of likely N-dealkylation sites (N-methyl/N-ethyl adjacent to an activating group) is 1. The SMILES string of the molecule is CCCCCCC(C)(C(=O)O)N(C)C=O. The van der Waals surface area contributed by atoms with Crippen LogP contribution in [0.15, 0.2) is 0 Å². The summed E-state index contributed by atoms with van der Waals surface area (Å²) in [7, 11) is 1.51. The number of hydrogen-bond acceptors (Lipinski definition) is 2. The van der Waals surface area contributed by atoms with E-state index in [0.717, 1.165) is 25.7 Å². The van der Waals surface area contributed by atoms with Gasteiger partial charge in [0.1, 0.15) is 5.54 Å². The lowest BCUT2D eigenvalue weighted by atomic mass is 9.93. The number of carboxylic acids is 1. The first-order valence-corrected chi connectivity index (χ1v) is 5.40. The molecule has 0 aliphatic heterocycles. The van der Waals surface area contributed by atoms with Crippen molar-refractivity contribution < 1.29 is 14.7 Å². The van der Waals surface area contributed by atoms with Gasteiger partial charge in [-0.3, -0.25) is 4.79 Å². The topological polar surface area (TPSA) is 57.6 Å². The zero-order valence-corrected chi connectivity index (χ0v) is 9.82. The van der Waals surface area contributed by atoms with Crippen molar-refractivity contribution in [3.8, 4) is 0 Å². The molecule has 0 aromatic carbocycles. The summed E-state index contributed by atoms with van der Waals surface area (Å²) in [5.41, 5.74) is -1.06. The van der Waals surface area contributed by atoms with Gasteiger partial charge in [0, 0.05) is 7.05 Å². The first-order valence-electron chi connectivity index (χ1n) is 5.40. The molecule has 1 atom stereocenters. The van der Waals surface area contributed by atoms with Crippen LogP contribution in [0.25, 0.3) is 0 Å². The van der Waals surface area contributed by atoms with Crippen molar-refractivity contribution in [1.29, 1.82) is 0 Å². The third-order valence-electron chi connectivity index (χ3n) is 2.91. The highest BCUT2D eigenvalue weighted by molar-refractivity contribution is 5.80. The predicted octanol–water partition coefficient (Wildman–Crippen LogP) is 1.89. The number of unbranched alkanes of at least 4 members (excludes halogenated alkanes) is 3. The molecule has 15 heavy (non-hydrogen) atoms. The first kappa shape index (κ1) is 13.9. The van der Waals surface area contributed by atoms with E-state index in [1.54, 1.807) is 6.92 Å². The van der Waals surface area contributed by atoms with Gasteiger partial charge in [0.25, 0.3) is 0 Å². The van der Waals surface area contributed by atoms with E-state index in [9.17, 15) is 9.59 Å². The normalized spacial score (nSPS) is 14.3. The Balaban J connectivity index is 4.26. The predicted molar refractivity (Wildman–Crippen MR) is 58.6 cm³/mol. The van der Waals surface area contributed by atoms with Gasteiger partial charge < -0.3 is 10.0 Å². The van der Waals surface area contributed by atoms with Gasteiger partial charge in [-0.25, -0.2) is 4.79 Å². The smallest absolute Gasteiger partial charge is 0.329 e. The van der Waals surface area contributed by atoms with Gasteiger partial charge in [-0.2, -0.15) is 0 Å². The minimum atomic E-state index is -1.06. The molecule has 0 radical (unpaired) electrons. The number of rotatable bonds is 8. The zero-order chi connectivity index (χ0) is 11.9. The molecule has 88 valence electrons. The van der Waals surface area contributed by atoms with Gasteiger partial charge in [-0.1, -0.05) is 32.6 Å². The van der Waals surface area contributed by atoms with Crippen molar-refractivity contribution in [2.75, 3.05) is 7.05 Å². The number of aliphatic carboxylic acids is 1. The Bertz CT molecular complexity index is 218. The van der Waals surface area contributed by atoms with E-state index in [1.165, 1.54) is 11.9 Å². The number of amides is 1. The second-order valence-corrected chi connectivity index (χ2v) is 4.11. The quantitative estimate of drug-likeness (QED) is 0.497. The van der Waals surface area contributed by atoms with Crippen molar-refractivity contribution in [1.82, 2.24) is 4.90 Å². The lowest BCUT2D eigenvalue weighted by Gasteiger charge is -2.32. The highest BCUT2D eigenvalue weighted by atomic mass is 16.4. The largest absolute Gasteiger partial charge is 0.480 e. The Hall–Kier alpha value is -1.06. The molecule has 0 aromatic heterocycles. The Morgan fingerprint density at radius 3 is 2.40 bits per heavy atom. The molecule has 0 saturated carbocycles. The maximum atomic E-state index is 11.1. The molecule has 0 fully saturated rings. The molecule has 1 amide bonds. The molecule has 0 saturated heterocycles. The van der Waals surface area contributed by atoms with E-state index in [2.05, 4.69) is 6.92 Å². The fourth-order valence-electron chi connectivity index (χ4n) is 1.45. The van der Waals surface area contributed by atoms with Gasteiger partial charge in [0.05, 0.1) is 0 Å². The molecule has 0 rings (SSSR count). The summed E-state index contributed by atoms with van der Waals surface area (Å²) in [5, 5.41) is 9.09. The number of carbonyl (C=O) groups is 2. The van der Waals surface area contributed by atoms with Gasteiger partial charge in [0.15, 0.2) is 0 Å². The van der Waals surface area contributed by atoms with Crippen molar-refractivity contribution in [2.24, 2.45) is 0 Å². The summed E-state index contributed by atoms with van der Waals surface area (Å²) in [6, 6.07) is 0. The van der Waals surface area contributed by atoms with E-state index in [1.807, 2.05) is 0 Å². The maximum absolute atomic E-state index is 11.1. The van der Waals surface area contributed by atoms with Gasteiger partial charge in [0.2, 0.25) is 6.41 Å². The molecule has 1 unspecified atom stereocenters. The van der Waals surface area contributed by atoms with E-state index in [-0.39, 0.29) is 0 Å². The fourth-order valence-corrected chi connectivity index (χ4v) is 1.45. The van der Waals surface area contributed by atoms with Crippen LogP contribution >= 0.6 is 0 Å². The van der Waals surface area contributed by atoms with Crippen molar-refractivity contribution in [3.63, 3.8) is 0 Å². The van der Waals surface area contributed by atoms with Crippen molar-refractivity contribution >= 4 is 12.4 Å². The monoisotopic (exact) mass is 215 g/mol. The molecule has 4 nitrogen and oxygen atoms in total. The molecule has 0 aliphatic rings. The Kier molecular flexibility index (Phi) is 5.97. The van der Waals surface area contributed by atoms with Crippen LogP contribution < -0.4 is 0 Å². The standard InChI is InChI=1S/C11H21NO3/c1-4-5-6-7-8-11(2,10(14)15)12(3)9-13/h9H,4-8H2,1-3H3,(H,14,15). The van der Waals surface area contributed by atoms with Crippen LogP contribution in [-0.2, 0) is 9.59 Å². The molecule has 4 heteroatoms. The van der Waals surface area contributed by atoms with Gasteiger partial charge in [-0.15, -0.1) is 0 Å². The summed E-state index contributed by atoms with van der Waals surface area (Å²) in [6.45, 7) is 3.70. The van der Waals surface area contributed by atoms with Gasteiger partial charge in [-0.05, 0) is 13.3 Å². The Morgan fingerprint density at radius 2 is 2.00 bits per heavy atom. The van der Waals surface area contributed by atoms with Crippen LogP contribution in [-0.4, -0.2) is 35.0 Å². The van der Waals surface area contributed by atoms with Crippen LogP contribution in [0.1, 0.15) is 46.0 Å². The molecule has 0 aliphatic carbocycles. The number of carboxylic acid groups (broad SMARTS) is 1. The zero-order valence-electron chi connectivity index (χ0n) is 9.82. The van der Waals surface area contributed by atoms with Crippen LogP contribution in [0.5, 0.6) is 0 Å². The van der Waals surface area contributed by atoms with Crippen LogP contribution in [0.4, 0.5) is 0 Å². The van der Waals surface area contributed by atoms with Crippen LogP contribution in [0, 0.1) is 0 Å². The molecule has 0 bridgehead atoms. The average Bonchev–Trinajstić information content (AvgIpc) is 2.22. The molecule has 0 heterocycles. The Labute approximate surface area is 91.3 Å². The molecule has 0 spiro atoms. The average molecular weight is 215 g/mol. The summed E-state index contributed by atoms with van der Waals surface area (Å²) in [4.78, 5) is 22.9. The molecule has 0 aromatic rings. The number of hydrogen-bond donors (Lipinski definition) is 1. The van der Waals surface area contributed by atoms with Crippen LogP contribution in [0.3, 0.4) is 0 Å². The number of carbonyl (C=O) groups excluding carboxylic acids is 1. The maximum Gasteiger partial charge on any atom is 0.329 e. The summed E-state index contributed by atoms with van der Waals surface area (Å²) < 4.78 is 0. The molecular formula is C11H21NO3. The second-order valence-electron chi connectivity index (χ2n) is 4.11. The van der Waals surface area contributed by atoms with Crippen molar-refractivity contribution in [2.45, 2.75) is 51.5 Å². The van der Waals surface area contributed by atoms with Crippen LogP contribution in [0.2, 0.25) is 0 Å². The summed E-state index contributed by atoms with van der Waals surface area (Å²) >= 11 is 0. The molecule has 1 N–H and O–H groups in total. The Morgan fingerprint density at radius 1 is 1.40 bits per heavy atom. The van der Waals surface area contributed by atoms with E-state index >= 15 is 0 Å². The minimum absolute atomic E-state index is 0.511. The second kappa shape index (κ2) is 6.43. The molecular weight excluding hydrogens is 194 g/mol. The third kappa shape index (κ3) is 3.90. The van der Waals surface area contributed by atoms with E-state index < -0.39 is 11.5 Å². The lowest BCUT2D eigenvalue weighted by molar-refractivity contribution is -0.153. The van der Waals surface area contributed by atoms with Gasteiger partial charge >= 0.3 is 5.97 Å². The third-order valence-corrected chi connectivity index (χ3v) is 2.91. The minimum Gasteiger partial charge on any atom is -0.480 e. The number of nitrogens with zero attached hydrogens (tertiary/aromatic N) is 1. The summed E-state index contributed by atoms with van der Waals surface area (Å²) in [5.74, 6) is -0.936. The lowest BCUT2D eigenvalue weighted by Crippen LogP contribution is -2.49. The first-order chi connectivity index (χ1) is 6.99.